The van der Waals surface area contributed by atoms with Gasteiger partial charge in [-0.3, -0.25) is 0 Å². The van der Waals surface area contributed by atoms with Crippen molar-refractivity contribution < 1.29 is 9.47 Å². The van der Waals surface area contributed by atoms with Gasteiger partial charge in [-0.05, 0) is 12.8 Å². The Labute approximate surface area is 94.5 Å². The molecule has 0 bridgehead atoms. The molecule has 0 aliphatic carbocycles. The fraction of sp³-hybridized carbons (Fsp3) is 1.00. The zero-order valence-corrected chi connectivity index (χ0v) is 10.7. The summed E-state index contributed by atoms with van der Waals surface area (Å²) < 4.78 is 11.1. The zero-order valence-electron chi connectivity index (χ0n) is 10.7. The Bertz CT molecular complexity index is 129. The van der Waals surface area contributed by atoms with Gasteiger partial charge in [-0.25, -0.2) is 0 Å². The predicted octanol–water partition coefficient (Wildman–Crippen LogP) is 2.21. The Hall–Kier alpha value is -0.120. The van der Waals surface area contributed by atoms with Crippen molar-refractivity contribution >= 4 is 0 Å². The highest BCUT2D eigenvalue weighted by atomic mass is 16.5. The van der Waals surface area contributed by atoms with Crippen molar-refractivity contribution in [2.75, 3.05) is 26.4 Å². The topological polar surface area (TPSA) is 30.5 Å². The summed E-state index contributed by atoms with van der Waals surface area (Å²) in [6, 6.07) is 0.527. The molecule has 1 atom stereocenters. The lowest BCUT2D eigenvalue weighted by atomic mass is 10.2. The Kier molecular flexibility index (Phi) is 10.3. The minimum Gasteiger partial charge on any atom is -0.379 e. The smallest absolute Gasteiger partial charge is 0.0704 e. The Balaban J connectivity index is 3.36. The van der Waals surface area contributed by atoms with Crippen molar-refractivity contribution in [3.05, 3.63) is 0 Å². The average molecular weight is 217 g/mol. The van der Waals surface area contributed by atoms with Crippen LogP contribution in [0.3, 0.4) is 0 Å². The predicted molar refractivity (Wildman–Crippen MR) is 64.3 cm³/mol. The molecule has 0 spiro atoms. The normalized spacial score (nSPS) is 13.4. The Morgan fingerprint density at radius 1 is 1.07 bits per heavy atom. The Morgan fingerprint density at radius 3 is 2.33 bits per heavy atom. The molecule has 0 fully saturated rings. The summed E-state index contributed by atoms with van der Waals surface area (Å²) in [4.78, 5) is 0. The summed E-state index contributed by atoms with van der Waals surface area (Å²) >= 11 is 0. The van der Waals surface area contributed by atoms with E-state index in [0.717, 1.165) is 26.0 Å². The van der Waals surface area contributed by atoms with Crippen molar-refractivity contribution in [1.82, 2.24) is 5.32 Å². The average Bonchev–Trinajstić information content (AvgIpc) is 2.22. The van der Waals surface area contributed by atoms with Gasteiger partial charge in [0.25, 0.3) is 0 Å². The van der Waals surface area contributed by atoms with Crippen LogP contribution in [0.4, 0.5) is 0 Å². The van der Waals surface area contributed by atoms with E-state index in [4.69, 9.17) is 9.47 Å². The second-order valence-electron chi connectivity index (χ2n) is 4.08. The quantitative estimate of drug-likeness (QED) is 0.569. The van der Waals surface area contributed by atoms with E-state index in [1.807, 2.05) is 0 Å². The first-order valence-corrected chi connectivity index (χ1v) is 6.13. The van der Waals surface area contributed by atoms with Gasteiger partial charge in [0.05, 0.1) is 19.3 Å². The van der Waals surface area contributed by atoms with Gasteiger partial charge in [0.2, 0.25) is 0 Å². The van der Waals surface area contributed by atoms with Crippen LogP contribution in [0.15, 0.2) is 0 Å². The monoisotopic (exact) mass is 217 g/mol. The molecule has 0 aliphatic heterocycles. The molecular formula is C12H27NO2. The van der Waals surface area contributed by atoms with Gasteiger partial charge in [0.1, 0.15) is 0 Å². The summed E-state index contributed by atoms with van der Waals surface area (Å²) in [7, 11) is 0. The van der Waals surface area contributed by atoms with Crippen LogP contribution in [0.25, 0.3) is 0 Å². The number of ether oxygens (including phenoxy) is 2. The van der Waals surface area contributed by atoms with E-state index >= 15 is 0 Å². The van der Waals surface area contributed by atoms with Crippen molar-refractivity contribution in [2.24, 2.45) is 0 Å². The standard InChI is InChI=1S/C12H27NO2/c1-5-7-14-8-9-15-12(6-2)10-13-11(3)4/h11-13H,5-10H2,1-4H3. The molecule has 3 nitrogen and oxygen atoms in total. The van der Waals surface area contributed by atoms with Crippen molar-refractivity contribution in [2.45, 2.75) is 52.7 Å². The minimum atomic E-state index is 0.317. The highest BCUT2D eigenvalue weighted by Gasteiger charge is 2.06. The third kappa shape index (κ3) is 10.2. The lowest BCUT2D eigenvalue weighted by Crippen LogP contribution is -2.33. The first-order valence-electron chi connectivity index (χ1n) is 6.13. The van der Waals surface area contributed by atoms with Gasteiger partial charge in [0, 0.05) is 19.2 Å². The van der Waals surface area contributed by atoms with Crippen molar-refractivity contribution in [3.63, 3.8) is 0 Å². The number of hydrogen-bond acceptors (Lipinski definition) is 3. The molecule has 0 saturated heterocycles. The fourth-order valence-corrected chi connectivity index (χ4v) is 1.21. The van der Waals surface area contributed by atoms with E-state index in [0.29, 0.717) is 25.4 Å². The second kappa shape index (κ2) is 10.4. The molecule has 0 radical (unpaired) electrons. The summed E-state index contributed by atoms with van der Waals surface area (Å²) in [5.74, 6) is 0. The molecule has 0 aromatic rings. The highest BCUT2D eigenvalue weighted by Crippen LogP contribution is 1.97. The second-order valence-corrected chi connectivity index (χ2v) is 4.08. The molecule has 15 heavy (non-hydrogen) atoms. The molecule has 1 unspecified atom stereocenters. The van der Waals surface area contributed by atoms with Crippen molar-refractivity contribution in [3.8, 4) is 0 Å². The van der Waals surface area contributed by atoms with Gasteiger partial charge in [-0.1, -0.05) is 27.7 Å². The lowest BCUT2D eigenvalue weighted by molar-refractivity contribution is 0.00332. The third-order valence-corrected chi connectivity index (χ3v) is 2.14. The van der Waals surface area contributed by atoms with Crippen LogP contribution in [-0.4, -0.2) is 38.5 Å². The van der Waals surface area contributed by atoms with E-state index in [1.165, 1.54) is 0 Å². The molecule has 0 rings (SSSR count). The third-order valence-electron chi connectivity index (χ3n) is 2.14. The van der Waals surface area contributed by atoms with Crippen LogP contribution in [-0.2, 0) is 9.47 Å². The van der Waals surface area contributed by atoms with Gasteiger partial charge in [-0.2, -0.15) is 0 Å². The summed E-state index contributed by atoms with van der Waals surface area (Å²) in [6.07, 6.45) is 2.44. The fourth-order valence-electron chi connectivity index (χ4n) is 1.21. The van der Waals surface area contributed by atoms with Gasteiger partial charge < -0.3 is 14.8 Å². The maximum Gasteiger partial charge on any atom is 0.0704 e. The van der Waals surface area contributed by atoms with Crippen LogP contribution >= 0.6 is 0 Å². The van der Waals surface area contributed by atoms with Crippen LogP contribution in [0.2, 0.25) is 0 Å². The van der Waals surface area contributed by atoms with E-state index in [9.17, 15) is 0 Å². The molecule has 1 N–H and O–H groups in total. The number of rotatable bonds is 10. The molecule has 0 aromatic heterocycles. The minimum absolute atomic E-state index is 0.317. The van der Waals surface area contributed by atoms with Gasteiger partial charge in [-0.15, -0.1) is 0 Å². The maximum atomic E-state index is 5.70. The van der Waals surface area contributed by atoms with E-state index in [-0.39, 0.29) is 0 Å². The van der Waals surface area contributed by atoms with Crippen LogP contribution in [0.5, 0.6) is 0 Å². The maximum absolute atomic E-state index is 5.70. The molecule has 92 valence electrons. The lowest BCUT2D eigenvalue weighted by Gasteiger charge is -2.18. The number of hydrogen-bond donors (Lipinski definition) is 1. The van der Waals surface area contributed by atoms with E-state index < -0.39 is 0 Å². The van der Waals surface area contributed by atoms with Crippen LogP contribution in [0, 0.1) is 0 Å². The molecule has 3 heteroatoms. The first kappa shape index (κ1) is 14.9. The van der Waals surface area contributed by atoms with Gasteiger partial charge in [0.15, 0.2) is 0 Å². The first-order chi connectivity index (χ1) is 7.20. The summed E-state index contributed by atoms with van der Waals surface area (Å²) in [5, 5.41) is 3.38. The summed E-state index contributed by atoms with van der Waals surface area (Å²) in [5.41, 5.74) is 0. The molecule has 0 amide bonds. The number of nitrogens with one attached hydrogen (secondary N) is 1. The van der Waals surface area contributed by atoms with Gasteiger partial charge >= 0.3 is 0 Å². The molecular weight excluding hydrogens is 190 g/mol. The largest absolute Gasteiger partial charge is 0.379 e. The van der Waals surface area contributed by atoms with Crippen LogP contribution in [0.1, 0.15) is 40.5 Å². The van der Waals surface area contributed by atoms with Crippen LogP contribution < -0.4 is 5.32 Å². The zero-order chi connectivity index (χ0) is 11.5. The SMILES string of the molecule is CCCOCCOC(CC)CNC(C)C. The molecule has 0 heterocycles. The van der Waals surface area contributed by atoms with E-state index in [1.54, 1.807) is 0 Å². The summed E-state index contributed by atoms with van der Waals surface area (Å²) in [6.45, 7) is 11.8. The molecule has 0 saturated carbocycles. The molecule has 0 aliphatic rings. The molecule has 0 aromatic carbocycles. The highest BCUT2D eigenvalue weighted by molar-refractivity contribution is 4.62. The van der Waals surface area contributed by atoms with E-state index in [2.05, 4.69) is 33.0 Å². The Morgan fingerprint density at radius 2 is 1.80 bits per heavy atom. The van der Waals surface area contributed by atoms with Crippen molar-refractivity contribution in [1.29, 1.82) is 0 Å².